The lowest BCUT2D eigenvalue weighted by Gasteiger charge is -2.13. The topological polar surface area (TPSA) is 256 Å². The molecule has 6 rings (SSSR count). The van der Waals surface area contributed by atoms with Gasteiger partial charge in [0, 0.05) is 17.8 Å². The fraction of sp³-hybridized carbons (Fsp3) is 0.103. The Morgan fingerprint density at radius 1 is 0.755 bits per heavy atom. The molecule has 0 aliphatic rings. The number of carboxylic acids is 2. The Bertz CT molecular complexity index is 2240. The highest BCUT2D eigenvalue weighted by molar-refractivity contribution is 6.08. The number of nitrogens with one attached hydrogen (secondary N) is 3. The average molecular weight is 671 g/mol. The number of aromatic amines is 1. The molecular formula is C29H20F2N12O6. The maximum atomic E-state index is 15.0. The van der Waals surface area contributed by atoms with E-state index in [9.17, 15) is 33.8 Å². The molecule has 0 aliphatic carbocycles. The largest absolute Gasteiger partial charge is 0.478 e. The van der Waals surface area contributed by atoms with Crippen molar-refractivity contribution in [2.24, 2.45) is 0 Å². The monoisotopic (exact) mass is 670 g/mol. The van der Waals surface area contributed by atoms with E-state index >= 15 is 4.39 Å². The van der Waals surface area contributed by atoms with Crippen LogP contribution in [0.5, 0.6) is 0 Å². The van der Waals surface area contributed by atoms with E-state index in [1.54, 1.807) is 6.20 Å². The van der Waals surface area contributed by atoms with Crippen LogP contribution in [-0.2, 0) is 12.8 Å². The number of hydrogen-bond acceptors (Lipinski definition) is 12. The number of aromatic nitrogens is 10. The number of carbonyl (C=O) groups is 4. The van der Waals surface area contributed by atoms with Gasteiger partial charge in [-0.15, -0.1) is 20.4 Å². The van der Waals surface area contributed by atoms with E-state index in [4.69, 9.17) is 0 Å². The number of tetrazole rings is 1. The fourth-order valence-corrected chi connectivity index (χ4v) is 4.71. The zero-order valence-electron chi connectivity index (χ0n) is 24.6. The molecule has 6 aromatic rings. The van der Waals surface area contributed by atoms with Crippen molar-refractivity contribution in [1.29, 1.82) is 0 Å². The molecule has 0 spiro atoms. The Hall–Kier alpha value is -7.12. The van der Waals surface area contributed by atoms with E-state index < -0.39 is 46.5 Å². The van der Waals surface area contributed by atoms with Crippen LogP contribution < -0.4 is 10.6 Å². The van der Waals surface area contributed by atoms with E-state index in [0.29, 0.717) is 11.3 Å². The average Bonchev–Trinajstić information content (AvgIpc) is 3.79. The summed E-state index contributed by atoms with van der Waals surface area (Å²) in [7, 11) is 0. The Morgan fingerprint density at radius 2 is 1.39 bits per heavy atom. The summed E-state index contributed by atoms with van der Waals surface area (Å²) in [6, 6.07) is 7.88. The molecule has 0 saturated heterocycles. The van der Waals surface area contributed by atoms with E-state index in [0.717, 1.165) is 28.9 Å². The highest BCUT2D eigenvalue weighted by atomic mass is 19.1. The molecule has 0 bridgehead atoms. The SMILES string of the molecule is O=C(Nc1cc(CCCc2cc(NC(=O)c3cc4nnnn4nn3)c(C(=O)O)cc2F)c(F)cc1C(=O)O)c1ccc(-c2cn[nH]c2)nn1. The van der Waals surface area contributed by atoms with Crippen molar-refractivity contribution in [2.75, 3.05) is 10.6 Å². The Kier molecular flexibility index (Phi) is 8.65. The number of hydrogen-bond donors (Lipinski definition) is 5. The normalized spacial score (nSPS) is 11.0. The molecule has 5 N–H and O–H groups in total. The number of nitrogens with zero attached hydrogens (tertiary/aromatic N) is 9. The number of H-pyrrole nitrogens is 1. The minimum Gasteiger partial charge on any atom is -0.478 e. The summed E-state index contributed by atoms with van der Waals surface area (Å²) in [6.45, 7) is 0. The molecule has 49 heavy (non-hydrogen) atoms. The maximum Gasteiger partial charge on any atom is 0.337 e. The van der Waals surface area contributed by atoms with Gasteiger partial charge in [-0.1, -0.05) is 4.63 Å². The predicted molar refractivity (Wildman–Crippen MR) is 161 cm³/mol. The number of amides is 2. The third-order valence-electron chi connectivity index (χ3n) is 7.13. The molecule has 2 amide bonds. The number of anilines is 2. The molecule has 0 saturated carbocycles. The van der Waals surface area contributed by atoms with Gasteiger partial charge in [-0.3, -0.25) is 14.7 Å². The second kappa shape index (κ2) is 13.3. The fourth-order valence-electron chi connectivity index (χ4n) is 4.71. The Morgan fingerprint density at radius 3 is 1.94 bits per heavy atom. The Labute approximate surface area is 271 Å². The predicted octanol–water partition coefficient (Wildman–Crippen LogP) is 2.45. The number of fused-ring (bicyclic) bond motifs is 1. The van der Waals surface area contributed by atoms with E-state index in [2.05, 4.69) is 56.9 Å². The highest BCUT2D eigenvalue weighted by Crippen LogP contribution is 2.26. The second-order valence-corrected chi connectivity index (χ2v) is 10.3. The van der Waals surface area contributed by atoms with Gasteiger partial charge in [0.2, 0.25) is 5.65 Å². The third-order valence-corrected chi connectivity index (χ3v) is 7.13. The minimum absolute atomic E-state index is 0.00275. The molecule has 4 aromatic heterocycles. The molecule has 0 unspecified atom stereocenters. The van der Waals surface area contributed by atoms with Crippen molar-refractivity contribution in [1.82, 2.24) is 50.9 Å². The standard InChI is InChI=1S/C29H20F2N12O6/c30-18-8-16(28(46)47)22(34-26(44)21-5-4-20(36-37-21)15-11-32-33-12-15)6-13(18)2-1-3-14-7-23(17(29(48)49)9-19(14)31)35-27(45)24-10-25-39-40-42-43(25)41-38-24/h4-12H,1-3H2,(H,32,33)(H,34,44)(H,35,45)(H,46,47)(H,48,49). The summed E-state index contributed by atoms with van der Waals surface area (Å²) in [5.74, 6) is -6.45. The quantitative estimate of drug-likeness (QED) is 0.133. The van der Waals surface area contributed by atoms with Gasteiger partial charge in [0.15, 0.2) is 11.4 Å². The minimum atomic E-state index is -1.51. The molecule has 0 atom stereocenters. The van der Waals surface area contributed by atoms with Gasteiger partial charge in [-0.05, 0) is 82.4 Å². The molecule has 0 aliphatic heterocycles. The molecular weight excluding hydrogens is 650 g/mol. The first-order valence-corrected chi connectivity index (χ1v) is 14.1. The molecule has 4 heterocycles. The van der Waals surface area contributed by atoms with Crippen LogP contribution in [0.2, 0.25) is 0 Å². The van der Waals surface area contributed by atoms with Gasteiger partial charge < -0.3 is 20.8 Å². The van der Waals surface area contributed by atoms with Crippen LogP contribution in [0.4, 0.5) is 20.2 Å². The summed E-state index contributed by atoms with van der Waals surface area (Å²) in [4.78, 5) is 49.4. The van der Waals surface area contributed by atoms with Crippen molar-refractivity contribution in [3.63, 3.8) is 0 Å². The van der Waals surface area contributed by atoms with Gasteiger partial charge in [0.05, 0.1) is 34.4 Å². The second-order valence-electron chi connectivity index (χ2n) is 10.3. The zero-order chi connectivity index (χ0) is 34.7. The van der Waals surface area contributed by atoms with Gasteiger partial charge in [-0.2, -0.15) is 5.10 Å². The van der Waals surface area contributed by atoms with Gasteiger partial charge in [0.1, 0.15) is 11.6 Å². The van der Waals surface area contributed by atoms with Crippen molar-refractivity contribution >= 4 is 40.8 Å². The summed E-state index contributed by atoms with van der Waals surface area (Å²) in [5.41, 5.74) is -0.721. The third kappa shape index (κ3) is 6.86. The summed E-state index contributed by atoms with van der Waals surface area (Å²) >= 11 is 0. The number of carboxylic acid groups (broad SMARTS) is 2. The van der Waals surface area contributed by atoms with Gasteiger partial charge >= 0.3 is 11.9 Å². The number of halogens is 2. The van der Waals surface area contributed by atoms with Crippen LogP contribution in [0.3, 0.4) is 0 Å². The molecule has 0 fully saturated rings. The van der Waals surface area contributed by atoms with E-state index in [1.165, 1.54) is 24.4 Å². The van der Waals surface area contributed by atoms with Crippen LogP contribution in [0.1, 0.15) is 59.2 Å². The molecule has 0 radical (unpaired) electrons. The molecule has 18 nitrogen and oxygen atoms in total. The van der Waals surface area contributed by atoms with Gasteiger partial charge in [0.25, 0.3) is 11.8 Å². The first-order valence-electron chi connectivity index (χ1n) is 14.1. The number of aryl methyl sites for hydroxylation is 2. The molecule has 20 heteroatoms. The maximum absolute atomic E-state index is 15.0. The van der Waals surface area contributed by atoms with E-state index in [-0.39, 0.29) is 58.8 Å². The van der Waals surface area contributed by atoms with Crippen LogP contribution in [0.25, 0.3) is 16.9 Å². The van der Waals surface area contributed by atoms with Crippen molar-refractivity contribution in [3.8, 4) is 11.3 Å². The van der Waals surface area contributed by atoms with Crippen LogP contribution in [0.15, 0.2) is 54.9 Å². The summed E-state index contributed by atoms with van der Waals surface area (Å²) < 4.78 is 30.9. The number of carbonyl (C=O) groups excluding carboxylic acids is 2. The van der Waals surface area contributed by atoms with Crippen LogP contribution in [0, 0.1) is 11.6 Å². The molecule has 2 aromatic carbocycles. The smallest absolute Gasteiger partial charge is 0.337 e. The van der Waals surface area contributed by atoms with Crippen molar-refractivity contribution in [3.05, 3.63) is 100 Å². The molecule has 246 valence electrons. The van der Waals surface area contributed by atoms with Gasteiger partial charge in [-0.25, -0.2) is 18.4 Å². The summed E-state index contributed by atoms with van der Waals surface area (Å²) in [6.07, 6.45) is 3.09. The van der Waals surface area contributed by atoms with E-state index in [1.807, 2.05) is 0 Å². The summed E-state index contributed by atoms with van der Waals surface area (Å²) in [5, 5.41) is 56.2. The first-order chi connectivity index (χ1) is 23.6. The highest BCUT2D eigenvalue weighted by Gasteiger charge is 2.21. The zero-order valence-corrected chi connectivity index (χ0v) is 24.6. The van der Waals surface area contributed by atoms with Crippen LogP contribution >= 0.6 is 0 Å². The lowest BCUT2D eigenvalue weighted by Crippen LogP contribution is -2.18. The first kappa shape index (κ1) is 31.8. The van der Waals surface area contributed by atoms with Crippen molar-refractivity contribution < 1.29 is 38.2 Å². The number of rotatable bonds is 11. The number of aromatic carboxylic acids is 2. The van der Waals surface area contributed by atoms with Crippen molar-refractivity contribution in [2.45, 2.75) is 19.3 Å². The number of benzene rings is 2. The lowest BCUT2D eigenvalue weighted by molar-refractivity contribution is 0.0686. The lowest BCUT2D eigenvalue weighted by atomic mass is 9.99. The van der Waals surface area contributed by atoms with Crippen LogP contribution in [-0.4, -0.2) is 84.8 Å². The Balaban J connectivity index is 1.17.